The third-order valence-corrected chi connectivity index (χ3v) is 8.37. The first-order valence-electron chi connectivity index (χ1n) is 15.1. The van der Waals surface area contributed by atoms with Crippen LogP contribution in [0, 0.1) is 13.8 Å². The second-order valence-electron chi connectivity index (χ2n) is 11.3. The lowest BCUT2D eigenvalue weighted by Gasteiger charge is -2.26. The maximum absolute atomic E-state index is 6.12. The molecule has 0 saturated heterocycles. The molecule has 0 fully saturated rings. The van der Waals surface area contributed by atoms with Gasteiger partial charge in [-0.05, 0) is 98.3 Å². The van der Waals surface area contributed by atoms with E-state index < -0.39 is 0 Å². The minimum Gasteiger partial charge on any atom is -0.416 e. The molecule has 0 radical (unpaired) electrons. The van der Waals surface area contributed by atoms with Crippen LogP contribution in [0.25, 0.3) is 50.4 Å². The van der Waals surface area contributed by atoms with Crippen molar-refractivity contribution < 1.29 is 4.42 Å². The molecule has 45 heavy (non-hydrogen) atoms. The van der Waals surface area contributed by atoms with E-state index in [9.17, 15) is 0 Å². The van der Waals surface area contributed by atoms with E-state index in [-0.39, 0.29) is 0 Å². The number of hydrogen-bond acceptors (Lipinski definition) is 4. The fourth-order valence-corrected chi connectivity index (χ4v) is 6.23. The Balaban J connectivity index is 1.15. The monoisotopic (exact) mass is 582 g/mol. The summed E-state index contributed by atoms with van der Waals surface area (Å²) in [7, 11) is 0. The van der Waals surface area contributed by atoms with Crippen LogP contribution in [0.15, 0.2) is 150 Å². The van der Waals surface area contributed by atoms with Crippen molar-refractivity contribution in [1.82, 2.24) is 14.8 Å². The van der Waals surface area contributed by atoms with Gasteiger partial charge in [0.1, 0.15) is 0 Å². The highest BCUT2D eigenvalue weighted by molar-refractivity contribution is 6.09. The highest BCUT2D eigenvalue weighted by Crippen LogP contribution is 2.37. The van der Waals surface area contributed by atoms with E-state index in [2.05, 4.69) is 155 Å². The molecule has 0 unspecified atom stereocenters. The molecule has 0 spiro atoms. The first kappa shape index (κ1) is 26.7. The molecule has 8 rings (SSSR count). The predicted octanol–water partition coefficient (Wildman–Crippen LogP) is 10.6. The Morgan fingerprint density at radius 1 is 0.533 bits per heavy atom. The molecule has 0 saturated carbocycles. The van der Waals surface area contributed by atoms with Gasteiger partial charge in [0.15, 0.2) is 0 Å². The summed E-state index contributed by atoms with van der Waals surface area (Å²) in [5.41, 5.74) is 10.8. The highest BCUT2D eigenvalue weighted by atomic mass is 16.4. The van der Waals surface area contributed by atoms with E-state index in [0.717, 1.165) is 39.4 Å². The predicted molar refractivity (Wildman–Crippen MR) is 184 cm³/mol. The van der Waals surface area contributed by atoms with E-state index in [0.29, 0.717) is 11.8 Å². The number of aryl methyl sites for hydroxylation is 2. The number of rotatable bonds is 6. The van der Waals surface area contributed by atoms with Gasteiger partial charge in [0, 0.05) is 44.6 Å². The maximum atomic E-state index is 6.12. The van der Waals surface area contributed by atoms with Crippen molar-refractivity contribution in [1.29, 1.82) is 0 Å². The van der Waals surface area contributed by atoms with Crippen molar-refractivity contribution >= 4 is 38.9 Å². The van der Waals surface area contributed by atoms with Crippen molar-refractivity contribution in [2.45, 2.75) is 13.8 Å². The third kappa shape index (κ3) is 4.75. The quantitative estimate of drug-likeness (QED) is 0.196. The van der Waals surface area contributed by atoms with Gasteiger partial charge in [0.25, 0.3) is 0 Å². The summed E-state index contributed by atoms with van der Waals surface area (Å²) in [6.07, 6.45) is 0. The van der Waals surface area contributed by atoms with Crippen LogP contribution in [0.3, 0.4) is 0 Å². The van der Waals surface area contributed by atoms with E-state index in [4.69, 9.17) is 4.42 Å². The number of hydrogen-bond donors (Lipinski definition) is 0. The van der Waals surface area contributed by atoms with Gasteiger partial charge < -0.3 is 13.9 Å². The zero-order chi connectivity index (χ0) is 30.3. The largest absolute Gasteiger partial charge is 0.416 e. The molecule has 5 nitrogen and oxygen atoms in total. The van der Waals surface area contributed by atoms with E-state index >= 15 is 0 Å². The molecule has 0 bridgehead atoms. The summed E-state index contributed by atoms with van der Waals surface area (Å²) < 4.78 is 8.46. The molecular weight excluding hydrogens is 552 g/mol. The standard InChI is InChI=1S/C40H30N4O/c1-27-16-25-34(28(2)26-27)40-42-41-39(45-40)29-17-19-31(20-18-29)43(30-10-4-3-5-11-30)32-21-23-33(24-22-32)44-37-14-8-6-12-35(37)36-13-7-9-15-38(36)44/h3-26H,1-2H3. The molecule has 0 aliphatic heterocycles. The third-order valence-electron chi connectivity index (χ3n) is 8.37. The molecule has 216 valence electrons. The zero-order valence-electron chi connectivity index (χ0n) is 25.1. The normalized spacial score (nSPS) is 11.3. The summed E-state index contributed by atoms with van der Waals surface area (Å²) in [5, 5.41) is 11.2. The minimum atomic E-state index is 0.498. The van der Waals surface area contributed by atoms with Gasteiger partial charge in [-0.1, -0.05) is 72.3 Å². The number of para-hydroxylation sites is 3. The van der Waals surface area contributed by atoms with E-state index in [1.807, 2.05) is 24.3 Å². The van der Waals surface area contributed by atoms with Crippen LogP contribution >= 0.6 is 0 Å². The van der Waals surface area contributed by atoms with Crippen molar-refractivity contribution in [2.24, 2.45) is 0 Å². The van der Waals surface area contributed by atoms with Gasteiger partial charge in [-0.2, -0.15) is 0 Å². The molecule has 8 aromatic rings. The average Bonchev–Trinajstić information content (AvgIpc) is 3.70. The van der Waals surface area contributed by atoms with Gasteiger partial charge in [0.2, 0.25) is 11.8 Å². The molecule has 0 aliphatic rings. The molecular formula is C40H30N4O. The van der Waals surface area contributed by atoms with E-state index in [1.165, 1.54) is 27.4 Å². The van der Waals surface area contributed by atoms with Crippen LogP contribution in [0.4, 0.5) is 17.1 Å². The van der Waals surface area contributed by atoms with Crippen molar-refractivity contribution in [2.75, 3.05) is 4.90 Å². The lowest BCUT2D eigenvalue weighted by molar-refractivity contribution is 0.584. The first-order chi connectivity index (χ1) is 22.1. The molecule has 0 amide bonds. The Morgan fingerprint density at radius 3 is 1.73 bits per heavy atom. The van der Waals surface area contributed by atoms with Gasteiger partial charge in [-0.15, -0.1) is 10.2 Å². The fraction of sp³-hybridized carbons (Fsp3) is 0.0500. The summed E-state index contributed by atoms with van der Waals surface area (Å²) in [4.78, 5) is 2.26. The molecule has 2 aromatic heterocycles. The number of benzene rings is 6. The van der Waals surface area contributed by atoms with Crippen LogP contribution in [0.1, 0.15) is 11.1 Å². The summed E-state index contributed by atoms with van der Waals surface area (Å²) in [6.45, 7) is 4.14. The number of nitrogens with zero attached hydrogens (tertiary/aromatic N) is 4. The SMILES string of the molecule is Cc1ccc(-c2nnc(-c3ccc(N(c4ccccc4)c4ccc(-n5c6ccccc6c6ccccc65)cc4)cc3)o2)c(C)c1. The van der Waals surface area contributed by atoms with Gasteiger partial charge in [-0.3, -0.25) is 0 Å². The van der Waals surface area contributed by atoms with Crippen molar-refractivity contribution in [3.05, 3.63) is 157 Å². The lowest BCUT2D eigenvalue weighted by atomic mass is 10.1. The molecule has 6 aromatic carbocycles. The van der Waals surface area contributed by atoms with Crippen LogP contribution < -0.4 is 4.90 Å². The van der Waals surface area contributed by atoms with Crippen molar-refractivity contribution in [3.63, 3.8) is 0 Å². The van der Waals surface area contributed by atoms with Gasteiger partial charge in [-0.25, -0.2) is 0 Å². The van der Waals surface area contributed by atoms with Crippen LogP contribution in [0.5, 0.6) is 0 Å². The summed E-state index contributed by atoms with van der Waals surface area (Å²) >= 11 is 0. The fourth-order valence-electron chi connectivity index (χ4n) is 6.23. The number of aromatic nitrogens is 3. The van der Waals surface area contributed by atoms with Gasteiger partial charge >= 0.3 is 0 Å². The Morgan fingerprint density at radius 2 is 1.09 bits per heavy atom. The number of fused-ring (bicyclic) bond motifs is 3. The maximum Gasteiger partial charge on any atom is 0.248 e. The highest BCUT2D eigenvalue weighted by Gasteiger charge is 2.17. The minimum absolute atomic E-state index is 0.498. The van der Waals surface area contributed by atoms with Crippen LogP contribution in [-0.2, 0) is 0 Å². The summed E-state index contributed by atoms with van der Waals surface area (Å²) in [6, 6.07) is 50.9. The molecule has 0 aliphatic carbocycles. The Bertz CT molecular complexity index is 2230. The van der Waals surface area contributed by atoms with Crippen LogP contribution in [0.2, 0.25) is 0 Å². The Labute approximate surface area is 261 Å². The molecule has 0 atom stereocenters. The molecule has 5 heteroatoms. The second-order valence-corrected chi connectivity index (χ2v) is 11.3. The summed E-state index contributed by atoms with van der Waals surface area (Å²) in [5.74, 6) is 1.03. The van der Waals surface area contributed by atoms with E-state index in [1.54, 1.807) is 0 Å². The first-order valence-corrected chi connectivity index (χ1v) is 15.1. The molecule has 0 N–H and O–H groups in total. The Kier molecular flexibility index (Phi) is 6.50. The number of anilines is 3. The van der Waals surface area contributed by atoms with Crippen molar-refractivity contribution in [3.8, 4) is 28.6 Å². The second kappa shape index (κ2) is 11.0. The lowest BCUT2D eigenvalue weighted by Crippen LogP contribution is -2.10. The molecule has 2 heterocycles. The zero-order valence-corrected chi connectivity index (χ0v) is 25.1. The average molecular weight is 583 g/mol. The smallest absolute Gasteiger partial charge is 0.248 e. The Hall–Kier alpha value is -5.94. The topological polar surface area (TPSA) is 47.1 Å². The van der Waals surface area contributed by atoms with Crippen LogP contribution in [-0.4, -0.2) is 14.8 Å². The van der Waals surface area contributed by atoms with Gasteiger partial charge in [0.05, 0.1) is 11.0 Å².